The maximum absolute atomic E-state index is 13.9. The van der Waals surface area contributed by atoms with Crippen LogP contribution in [0.4, 0.5) is 21.0 Å². The molecule has 0 aliphatic carbocycles. The van der Waals surface area contributed by atoms with Gasteiger partial charge in [0.05, 0.1) is 10.5 Å². The van der Waals surface area contributed by atoms with Gasteiger partial charge in [-0.05, 0) is 80.4 Å². The Kier molecular flexibility index (Phi) is 15.7. The molecule has 4 amide bonds. The Morgan fingerprint density at radius 1 is 0.597 bits per heavy atom. The molecule has 17 heteroatoms. The van der Waals surface area contributed by atoms with Crippen molar-refractivity contribution in [3.63, 3.8) is 0 Å². The highest BCUT2D eigenvalue weighted by Gasteiger charge is 2.26. The van der Waals surface area contributed by atoms with Crippen LogP contribution in [0.5, 0.6) is 0 Å². The number of ketones is 2. The van der Waals surface area contributed by atoms with E-state index in [4.69, 9.17) is 0 Å². The molecule has 364 valence electrons. The van der Waals surface area contributed by atoms with Gasteiger partial charge >= 0.3 is 12.1 Å². The highest BCUT2D eigenvalue weighted by atomic mass is 32.2. The molecule has 6 aromatic heterocycles. The topological polar surface area (TPSA) is 223 Å². The van der Waals surface area contributed by atoms with Crippen molar-refractivity contribution in [3.05, 3.63) is 187 Å². The maximum atomic E-state index is 13.9. The number of carbonyl (C=O) groups excluding carboxylic acids is 4. The number of aryl methyl sites for hydroxylation is 1. The molecule has 0 fully saturated rings. The summed E-state index contributed by atoms with van der Waals surface area (Å²) >= 11 is 0. The second-order valence-electron chi connectivity index (χ2n) is 16.8. The minimum absolute atomic E-state index is 0.0809. The van der Waals surface area contributed by atoms with Crippen molar-refractivity contribution < 1.29 is 27.6 Å². The van der Waals surface area contributed by atoms with E-state index in [1.807, 2.05) is 38.1 Å². The lowest BCUT2D eigenvalue weighted by atomic mass is 10.0. The van der Waals surface area contributed by atoms with Crippen molar-refractivity contribution in [1.29, 1.82) is 0 Å². The molecule has 16 nitrogen and oxygen atoms in total. The Morgan fingerprint density at radius 3 is 1.68 bits per heavy atom. The highest BCUT2D eigenvalue weighted by molar-refractivity contribution is 7.90. The van der Waals surface area contributed by atoms with Gasteiger partial charge in [-0.1, -0.05) is 80.8 Å². The maximum Gasteiger partial charge on any atom is 0.319 e. The monoisotopic (exact) mass is 980 g/mol. The van der Waals surface area contributed by atoms with E-state index in [0.29, 0.717) is 52.2 Å². The van der Waals surface area contributed by atoms with Gasteiger partial charge < -0.3 is 26.3 Å². The van der Waals surface area contributed by atoms with Crippen molar-refractivity contribution in [2.24, 2.45) is 0 Å². The third-order valence-corrected chi connectivity index (χ3v) is 13.3. The van der Waals surface area contributed by atoms with E-state index in [-0.39, 0.29) is 39.5 Å². The van der Waals surface area contributed by atoms with Gasteiger partial charge in [0.1, 0.15) is 5.65 Å². The normalized spacial score (nSPS) is 11.1. The number of hydrogen-bond acceptors (Lipinski definition) is 10. The minimum Gasteiger partial charge on any atom is -0.345 e. The fraction of sp³-hybridized carbons (Fsp3) is 0.164. The molecule has 72 heavy (non-hydrogen) atoms. The average Bonchev–Trinajstić information content (AvgIpc) is 4.01. The van der Waals surface area contributed by atoms with Gasteiger partial charge in [-0.3, -0.25) is 19.6 Å². The second-order valence-corrected chi connectivity index (χ2v) is 18.7. The van der Waals surface area contributed by atoms with Crippen LogP contribution < -0.4 is 21.3 Å². The molecule has 0 saturated heterocycles. The smallest absolute Gasteiger partial charge is 0.319 e. The first-order valence-electron chi connectivity index (χ1n) is 23.4. The lowest BCUT2D eigenvalue weighted by Gasteiger charge is -2.08. The number of nitrogens with one attached hydrogen (secondary N) is 5. The van der Waals surface area contributed by atoms with Crippen molar-refractivity contribution in [2.75, 3.05) is 23.7 Å². The van der Waals surface area contributed by atoms with Gasteiger partial charge in [-0.15, -0.1) is 0 Å². The van der Waals surface area contributed by atoms with Crippen molar-refractivity contribution in [3.8, 4) is 22.3 Å². The Bertz CT molecular complexity index is 3510. The first-order valence-corrected chi connectivity index (χ1v) is 24.9. The standard InChI is InChI=1S/C31H29N5O4S.C24H23N5O2/c1-3-4-15-33-31(38)35-25-9-5-7-22(16-25)29(37)28-20-36(41(39,40)26-12-10-21(2)11-13-26)30-27(28)17-24(19-34-30)23-8-6-14-32-18-23;1-2-3-10-26-24(31)29-19-8-4-6-16(11-19)22(30)21-15-28-23-20(21)12-18(14-27-23)17-7-5-9-25-13-17/h5-14,16-20H,3-4,15H2,1-2H3,(H2,33,35,38);4-9,11-15H,2-3,10H2,1H3,(H,27,28)(H2,26,29,31). The number of amides is 4. The van der Waals surface area contributed by atoms with E-state index in [1.165, 1.54) is 18.3 Å². The number of aromatic nitrogens is 6. The number of urea groups is 2. The van der Waals surface area contributed by atoms with Gasteiger partial charge in [-0.2, -0.15) is 0 Å². The molecule has 3 aromatic carbocycles. The summed E-state index contributed by atoms with van der Waals surface area (Å²) in [6.07, 6.45) is 16.8. The molecule has 0 saturated carbocycles. The van der Waals surface area contributed by atoms with Crippen LogP contribution in [0.2, 0.25) is 0 Å². The van der Waals surface area contributed by atoms with E-state index in [9.17, 15) is 27.6 Å². The van der Waals surface area contributed by atoms with Crippen LogP contribution in [0.25, 0.3) is 44.3 Å². The van der Waals surface area contributed by atoms with Crippen LogP contribution in [0.15, 0.2) is 164 Å². The van der Waals surface area contributed by atoms with Gasteiger partial charge in [0.25, 0.3) is 10.0 Å². The number of unbranched alkanes of at least 4 members (excludes halogenated alkanes) is 2. The quantitative estimate of drug-likeness (QED) is 0.0455. The van der Waals surface area contributed by atoms with E-state index in [0.717, 1.165) is 57.3 Å². The number of carbonyl (C=O) groups is 4. The predicted octanol–water partition coefficient (Wildman–Crippen LogP) is 10.6. The van der Waals surface area contributed by atoms with Crippen LogP contribution in [0.3, 0.4) is 0 Å². The summed E-state index contributed by atoms with van der Waals surface area (Å²) in [5, 5.41) is 12.2. The third kappa shape index (κ3) is 11.6. The molecule has 0 spiro atoms. The van der Waals surface area contributed by atoms with Gasteiger partial charge in [0, 0.05) is 124 Å². The SMILES string of the molecule is CCCCNC(=O)Nc1cccc(C(=O)c2c[nH]c3ncc(-c4cccnc4)cc23)c1.CCCCNC(=O)Nc1cccc(C(=O)c2cn(S(=O)(=O)c3ccc(C)cc3)c3ncc(-c4cccnc4)cc23)c1. The molecule has 0 aliphatic heterocycles. The number of pyridine rings is 4. The van der Waals surface area contributed by atoms with E-state index < -0.39 is 15.8 Å². The number of anilines is 2. The average molecular weight is 981 g/mol. The lowest BCUT2D eigenvalue weighted by molar-refractivity contribution is 0.103. The Hall–Kier alpha value is -8.83. The number of nitrogens with zero attached hydrogens (tertiary/aromatic N) is 5. The highest BCUT2D eigenvalue weighted by Crippen LogP contribution is 2.31. The fourth-order valence-electron chi connectivity index (χ4n) is 7.74. The van der Waals surface area contributed by atoms with Gasteiger partial charge in [0.2, 0.25) is 0 Å². The van der Waals surface area contributed by atoms with Crippen LogP contribution in [-0.2, 0) is 10.0 Å². The van der Waals surface area contributed by atoms with E-state index >= 15 is 0 Å². The summed E-state index contributed by atoms with van der Waals surface area (Å²) in [4.78, 5) is 71.8. The summed E-state index contributed by atoms with van der Waals surface area (Å²) in [6, 6.07) is 30.5. The lowest BCUT2D eigenvalue weighted by Crippen LogP contribution is -2.29. The van der Waals surface area contributed by atoms with Crippen molar-refractivity contribution in [2.45, 2.75) is 51.3 Å². The second kappa shape index (κ2) is 22.7. The number of H-pyrrole nitrogens is 1. The van der Waals surface area contributed by atoms with Crippen LogP contribution in [0.1, 0.15) is 76.9 Å². The number of benzene rings is 3. The van der Waals surface area contributed by atoms with Gasteiger partial charge in [0.15, 0.2) is 17.2 Å². The summed E-state index contributed by atoms with van der Waals surface area (Å²) in [6.45, 7) is 7.13. The zero-order chi connectivity index (χ0) is 50.6. The summed E-state index contributed by atoms with van der Waals surface area (Å²) < 4.78 is 28.5. The Balaban J connectivity index is 0.000000200. The van der Waals surface area contributed by atoms with Crippen LogP contribution in [0, 0.1) is 6.92 Å². The molecular weight excluding hydrogens is 929 g/mol. The molecule has 0 aliphatic rings. The first-order chi connectivity index (χ1) is 34.9. The zero-order valence-electron chi connectivity index (χ0n) is 39.8. The molecule has 5 N–H and O–H groups in total. The molecule has 0 atom stereocenters. The summed E-state index contributed by atoms with van der Waals surface area (Å²) in [5.41, 5.74) is 7.43. The third-order valence-electron chi connectivity index (χ3n) is 11.6. The molecule has 0 radical (unpaired) electrons. The van der Waals surface area contributed by atoms with Crippen LogP contribution in [-0.4, -0.2) is 74.0 Å². The zero-order valence-corrected chi connectivity index (χ0v) is 40.7. The van der Waals surface area contributed by atoms with E-state index in [2.05, 4.69) is 53.1 Å². The summed E-state index contributed by atoms with van der Waals surface area (Å²) in [7, 11) is -4.07. The molecule has 0 bridgehead atoms. The molecule has 0 unspecified atom stereocenters. The predicted molar refractivity (Wildman–Crippen MR) is 280 cm³/mol. The molecular formula is C55H52N10O6S. The number of aromatic amines is 1. The molecule has 9 aromatic rings. The summed E-state index contributed by atoms with van der Waals surface area (Å²) in [5.74, 6) is -0.556. The van der Waals surface area contributed by atoms with Gasteiger partial charge in [-0.25, -0.2) is 31.9 Å². The molecule has 6 heterocycles. The minimum atomic E-state index is -4.07. The first kappa shape index (κ1) is 49.6. The number of fused-ring (bicyclic) bond motifs is 2. The van der Waals surface area contributed by atoms with E-state index in [1.54, 1.807) is 116 Å². The number of rotatable bonds is 16. The fourth-order valence-corrected chi connectivity index (χ4v) is 9.06. The molecule has 9 rings (SSSR count). The van der Waals surface area contributed by atoms with Crippen LogP contribution >= 0.6 is 0 Å². The largest absolute Gasteiger partial charge is 0.345 e. The Labute approximate surface area is 416 Å². The van der Waals surface area contributed by atoms with Crippen molar-refractivity contribution in [1.82, 2.24) is 39.5 Å². The number of hydrogen-bond donors (Lipinski definition) is 5. The van der Waals surface area contributed by atoms with Crippen molar-refractivity contribution >= 4 is 67.1 Å². The Morgan fingerprint density at radius 2 is 1.14 bits per heavy atom.